The molecule has 1 heterocycles. The van der Waals surface area contributed by atoms with E-state index in [2.05, 4.69) is 4.90 Å². The van der Waals surface area contributed by atoms with E-state index in [9.17, 15) is 9.90 Å². The zero-order valence-electron chi connectivity index (χ0n) is 11.2. The van der Waals surface area contributed by atoms with Crippen LogP contribution in [0.2, 0.25) is 0 Å². The van der Waals surface area contributed by atoms with Gasteiger partial charge in [-0.2, -0.15) is 0 Å². The summed E-state index contributed by atoms with van der Waals surface area (Å²) in [6.45, 7) is 5.79. The van der Waals surface area contributed by atoms with Crippen LogP contribution in [0.4, 0.5) is 0 Å². The van der Waals surface area contributed by atoms with Crippen molar-refractivity contribution < 1.29 is 14.6 Å². The fourth-order valence-electron chi connectivity index (χ4n) is 2.23. The Morgan fingerprint density at radius 2 is 2.12 bits per heavy atom. The molecule has 0 radical (unpaired) electrons. The molecule has 1 aliphatic rings. The molecular weight excluding hydrogens is 218 g/mol. The minimum atomic E-state index is -0.679. The van der Waals surface area contributed by atoms with Crippen LogP contribution >= 0.6 is 0 Å². The average molecular weight is 243 g/mol. The Morgan fingerprint density at radius 3 is 2.71 bits per heavy atom. The molecule has 0 aromatic rings. The maximum Gasteiger partial charge on any atom is 0.320 e. The predicted octanol–water partition coefficient (Wildman–Crippen LogP) is 2.13. The molecule has 0 aliphatic carbocycles. The number of carbonyl (C=O) groups is 1. The van der Waals surface area contributed by atoms with Gasteiger partial charge in [-0.25, -0.2) is 0 Å². The minimum absolute atomic E-state index is 0.171. The number of aliphatic carboxylic acids is 1. The second-order valence-corrected chi connectivity index (χ2v) is 5.45. The monoisotopic (exact) mass is 243 g/mol. The van der Waals surface area contributed by atoms with Crippen molar-refractivity contribution >= 4 is 5.97 Å². The fraction of sp³-hybridized carbons (Fsp3) is 0.923. The van der Waals surface area contributed by atoms with E-state index in [1.54, 1.807) is 7.11 Å². The van der Waals surface area contributed by atoms with Gasteiger partial charge in [0.25, 0.3) is 0 Å². The number of carboxylic acid groups (broad SMARTS) is 1. The van der Waals surface area contributed by atoms with E-state index >= 15 is 0 Å². The first-order valence-electron chi connectivity index (χ1n) is 6.48. The van der Waals surface area contributed by atoms with Crippen molar-refractivity contribution in [1.29, 1.82) is 0 Å². The lowest BCUT2D eigenvalue weighted by atomic mass is 10.0. The number of rotatable bonds is 5. The molecule has 1 rings (SSSR count). The number of methoxy groups -OCH3 is 1. The largest absolute Gasteiger partial charge is 0.480 e. The van der Waals surface area contributed by atoms with Crippen LogP contribution < -0.4 is 0 Å². The summed E-state index contributed by atoms with van der Waals surface area (Å²) < 4.78 is 5.38. The highest BCUT2D eigenvalue weighted by Crippen LogP contribution is 2.20. The Hall–Kier alpha value is -0.610. The molecule has 4 heteroatoms. The van der Waals surface area contributed by atoms with Crippen molar-refractivity contribution in [3.05, 3.63) is 0 Å². The van der Waals surface area contributed by atoms with E-state index in [0.717, 1.165) is 45.2 Å². The summed E-state index contributed by atoms with van der Waals surface area (Å²) in [5.74, 6) is -0.679. The number of ether oxygens (including phenoxy) is 1. The molecule has 0 aromatic heterocycles. The van der Waals surface area contributed by atoms with Gasteiger partial charge in [-0.05, 0) is 39.7 Å². The van der Waals surface area contributed by atoms with Gasteiger partial charge in [0.2, 0.25) is 0 Å². The van der Waals surface area contributed by atoms with Gasteiger partial charge in [0.15, 0.2) is 0 Å². The lowest BCUT2D eigenvalue weighted by molar-refractivity contribution is -0.143. The molecule has 17 heavy (non-hydrogen) atoms. The second-order valence-electron chi connectivity index (χ2n) is 5.45. The Bertz CT molecular complexity index is 253. The van der Waals surface area contributed by atoms with E-state index in [1.807, 2.05) is 13.8 Å². The average Bonchev–Trinajstić information content (AvgIpc) is 2.51. The van der Waals surface area contributed by atoms with E-state index < -0.39 is 5.97 Å². The van der Waals surface area contributed by atoms with Gasteiger partial charge in [-0.1, -0.05) is 12.8 Å². The first kappa shape index (κ1) is 14.5. The highest BCUT2D eigenvalue weighted by molar-refractivity contribution is 5.73. The van der Waals surface area contributed by atoms with Gasteiger partial charge in [-0.15, -0.1) is 0 Å². The number of hydrogen-bond donors (Lipinski definition) is 1. The summed E-state index contributed by atoms with van der Waals surface area (Å²) in [5, 5.41) is 9.25. The van der Waals surface area contributed by atoms with E-state index in [1.165, 1.54) is 0 Å². The summed E-state index contributed by atoms with van der Waals surface area (Å²) in [6.07, 6.45) is 4.93. The SMILES string of the molecule is COC(C)(C)CCN1CCCCCC1C(=O)O. The molecular formula is C13H25NO3. The third kappa shape index (κ3) is 4.64. The van der Waals surface area contributed by atoms with Crippen LogP contribution in [0.1, 0.15) is 46.0 Å². The topological polar surface area (TPSA) is 49.8 Å². The Morgan fingerprint density at radius 1 is 1.41 bits per heavy atom. The molecule has 1 aliphatic heterocycles. The summed E-state index contributed by atoms with van der Waals surface area (Å²) >= 11 is 0. The highest BCUT2D eigenvalue weighted by Gasteiger charge is 2.28. The van der Waals surface area contributed by atoms with Crippen molar-refractivity contribution in [1.82, 2.24) is 4.90 Å². The zero-order valence-corrected chi connectivity index (χ0v) is 11.2. The lowest BCUT2D eigenvalue weighted by Crippen LogP contribution is -2.43. The Kier molecular flexibility index (Phi) is 5.40. The molecule has 4 nitrogen and oxygen atoms in total. The van der Waals surface area contributed by atoms with Crippen molar-refractivity contribution in [3.8, 4) is 0 Å². The standard InChI is InChI=1S/C13H25NO3/c1-13(2,17-3)8-10-14-9-6-4-5-7-11(14)12(15)16/h11H,4-10H2,1-3H3,(H,15,16). The summed E-state index contributed by atoms with van der Waals surface area (Å²) in [6, 6.07) is -0.301. The maximum absolute atomic E-state index is 11.2. The smallest absolute Gasteiger partial charge is 0.320 e. The van der Waals surface area contributed by atoms with Gasteiger partial charge >= 0.3 is 5.97 Å². The summed E-state index contributed by atoms with van der Waals surface area (Å²) in [5.41, 5.74) is -0.171. The van der Waals surface area contributed by atoms with Crippen LogP contribution in [0.15, 0.2) is 0 Å². The van der Waals surface area contributed by atoms with Crippen molar-refractivity contribution in [2.24, 2.45) is 0 Å². The number of nitrogens with zero attached hydrogens (tertiary/aromatic N) is 1. The van der Waals surface area contributed by atoms with Crippen LogP contribution in [0, 0.1) is 0 Å². The first-order chi connectivity index (χ1) is 7.96. The number of likely N-dealkylation sites (tertiary alicyclic amines) is 1. The predicted molar refractivity (Wildman–Crippen MR) is 67.2 cm³/mol. The van der Waals surface area contributed by atoms with E-state index in [4.69, 9.17) is 4.74 Å². The molecule has 100 valence electrons. The Balaban J connectivity index is 2.55. The van der Waals surface area contributed by atoms with Gasteiger partial charge < -0.3 is 9.84 Å². The first-order valence-corrected chi connectivity index (χ1v) is 6.48. The highest BCUT2D eigenvalue weighted by atomic mass is 16.5. The number of hydrogen-bond acceptors (Lipinski definition) is 3. The summed E-state index contributed by atoms with van der Waals surface area (Å²) in [4.78, 5) is 13.3. The van der Waals surface area contributed by atoms with Crippen molar-refractivity contribution in [3.63, 3.8) is 0 Å². The van der Waals surface area contributed by atoms with Gasteiger partial charge in [0.05, 0.1) is 5.60 Å². The van der Waals surface area contributed by atoms with Crippen LogP contribution in [0.25, 0.3) is 0 Å². The molecule has 0 aromatic carbocycles. The minimum Gasteiger partial charge on any atom is -0.480 e. The van der Waals surface area contributed by atoms with E-state index in [0.29, 0.717) is 0 Å². The fourth-order valence-corrected chi connectivity index (χ4v) is 2.23. The molecule has 1 unspecified atom stereocenters. The second kappa shape index (κ2) is 6.36. The van der Waals surface area contributed by atoms with Gasteiger partial charge in [0.1, 0.15) is 6.04 Å². The normalized spacial score (nSPS) is 23.4. The molecule has 1 atom stereocenters. The quantitative estimate of drug-likeness (QED) is 0.803. The molecule has 1 N–H and O–H groups in total. The molecule has 1 saturated heterocycles. The van der Waals surface area contributed by atoms with Gasteiger partial charge in [-0.3, -0.25) is 9.69 Å². The maximum atomic E-state index is 11.2. The van der Waals surface area contributed by atoms with Crippen LogP contribution in [0.3, 0.4) is 0 Å². The Labute approximate surface area is 104 Å². The molecule has 0 spiro atoms. The molecule has 0 amide bonds. The third-order valence-electron chi connectivity index (χ3n) is 3.70. The van der Waals surface area contributed by atoms with Crippen molar-refractivity contribution in [2.75, 3.05) is 20.2 Å². The number of carboxylic acids is 1. The van der Waals surface area contributed by atoms with Gasteiger partial charge in [0, 0.05) is 13.7 Å². The zero-order chi connectivity index (χ0) is 12.9. The molecule has 0 bridgehead atoms. The lowest BCUT2D eigenvalue weighted by Gasteiger charge is -2.31. The summed E-state index contributed by atoms with van der Waals surface area (Å²) in [7, 11) is 1.71. The van der Waals surface area contributed by atoms with Crippen LogP contribution in [0.5, 0.6) is 0 Å². The molecule has 1 fully saturated rings. The van der Waals surface area contributed by atoms with Crippen molar-refractivity contribution in [2.45, 2.75) is 57.6 Å². The van der Waals surface area contributed by atoms with Crippen LogP contribution in [-0.2, 0) is 9.53 Å². The van der Waals surface area contributed by atoms with E-state index in [-0.39, 0.29) is 11.6 Å². The van der Waals surface area contributed by atoms with Crippen LogP contribution in [-0.4, -0.2) is 47.8 Å². The third-order valence-corrected chi connectivity index (χ3v) is 3.70. The molecule has 0 saturated carbocycles.